The average molecular weight is 202 g/mol. The molecule has 1 aromatic rings. The van der Waals surface area contributed by atoms with Crippen molar-refractivity contribution in [1.82, 2.24) is 0 Å². The zero-order chi connectivity index (χ0) is 11.1. The van der Waals surface area contributed by atoms with E-state index >= 15 is 0 Å². The van der Waals surface area contributed by atoms with Crippen LogP contribution < -0.4 is 0 Å². The van der Waals surface area contributed by atoms with E-state index in [2.05, 4.69) is 15.9 Å². The van der Waals surface area contributed by atoms with E-state index in [1.165, 1.54) is 7.11 Å². The zero-order valence-electron chi connectivity index (χ0n) is 9.00. The number of carbonyl (C=O) groups is 1. The summed E-state index contributed by atoms with van der Waals surface area (Å²) in [4.78, 5) is 15.5. The van der Waals surface area contributed by atoms with Gasteiger partial charge in [0, 0.05) is 5.41 Å². The Hall–Kier alpha value is -1.64. The minimum atomic E-state index is -0.319. The summed E-state index contributed by atoms with van der Waals surface area (Å²) in [5.74, 6) is -0.319. The molecule has 0 bridgehead atoms. The molecule has 1 radical (unpaired) electrons. The Morgan fingerprint density at radius 1 is 1.47 bits per heavy atom. The molecule has 3 nitrogen and oxygen atoms in total. The largest absolute Gasteiger partial charge is 0.465 e. The van der Waals surface area contributed by atoms with E-state index in [0.29, 0.717) is 5.56 Å². The van der Waals surface area contributed by atoms with Crippen LogP contribution in [0.1, 0.15) is 29.8 Å². The SMILES string of the molecule is COC(=O)c1ccc2c(c1)C(C)(C)[C]=N2. The Morgan fingerprint density at radius 3 is 2.87 bits per heavy atom. The van der Waals surface area contributed by atoms with E-state index in [1.54, 1.807) is 6.07 Å². The third-order valence-corrected chi connectivity index (χ3v) is 2.55. The second-order valence-corrected chi connectivity index (χ2v) is 4.07. The first kappa shape index (κ1) is 9.90. The highest BCUT2D eigenvalue weighted by Gasteiger charge is 2.28. The molecule has 0 amide bonds. The van der Waals surface area contributed by atoms with Crippen molar-refractivity contribution in [2.75, 3.05) is 7.11 Å². The van der Waals surface area contributed by atoms with Gasteiger partial charge in [0.15, 0.2) is 0 Å². The van der Waals surface area contributed by atoms with Gasteiger partial charge in [-0.1, -0.05) is 13.8 Å². The quantitative estimate of drug-likeness (QED) is 0.655. The lowest BCUT2D eigenvalue weighted by Gasteiger charge is -2.15. The van der Waals surface area contributed by atoms with Crippen molar-refractivity contribution >= 4 is 17.9 Å². The normalized spacial score (nSPS) is 16.2. The molecule has 0 saturated heterocycles. The Kier molecular flexibility index (Phi) is 2.11. The predicted octanol–water partition coefficient (Wildman–Crippen LogP) is 2.34. The predicted molar refractivity (Wildman–Crippen MR) is 57.9 cm³/mol. The van der Waals surface area contributed by atoms with Crippen LogP contribution in [0.25, 0.3) is 0 Å². The number of hydrogen-bond acceptors (Lipinski definition) is 3. The Morgan fingerprint density at radius 2 is 2.20 bits per heavy atom. The molecule has 1 aromatic carbocycles. The third kappa shape index (κ3) is 1.54. The summed E-state index contributed by atoms with van der Waals surface area (Å²) in [7, 11) is 1.38. The van der Waals surface area contributed by atoms with Gasteiger partial charge in [-0.15, -0.1) is 0 Å². The van der Waals surface area contributed by atoms with Crippen molar-refractivity contribution in [3.8, 4) is 0 Å². The van der Waals surface area contributed by atoms with Gasteiger partial charge in [0.25, 0.3) is 0 Å². The average Bonchev–Trinajstić information content (AvgIpc) is 2.53. The summed E-state index contributed by atoms with van der Waals surface area (Å²) in [5.41, 5.74) is 2.24. The standard InChI is InChI=1S/C12H12NO2/c1-12(2)7-13-10-5-4-8(6-9(10)12)11(14)15-3/h4-6H,1-3H3. The summed E-state index contributed by atoms with van der Waals surface area (Å²) >= 11 is 0. The van der Waals surface area contributed by atoms with Crippen molar-refractivity contribution in [2.45, 2.75) is 19.3 Å². The molecule has 0 N–H and O–H groups in total. The lowest BCUT2D eigenvalue weighted by atomic mass is 9.86. The van der Waals surface area contributed by atoms with E-state index in [4.69, 9.17) is 0 Å². The molecule has 1 heterocycles. The first-order chi connectivity index (χ1) is 7.04. The van der Waals surface area contributed by atoms with Gasteiger partial charge >= 0.3 is 5.97 Å². The fourth-order valence-corrected chi connectivity index (χ4v) is 1.64. The first-order valence-electron chi connectivity index (χ1n) is 4.75. The lowest BCUT2D eigenvalue weighted by Crippen LogP contribution is -2.15. The summed E-state index contributed by atoms with van der Waals surface area (Å²) in [6.45, 7) is 4.03. The fourth-order valence-electron chi connectivity index (χ4n) is 1.64. The highest BCUT2D eigenvalue weighted by atomic mass is 16.5. The molecular formula is C12H12NO2. The van der Waals surface area contributed by atoms with E-state index in [1.807, 2.05) is 26.0 Å². The van der Waals surface area contributed by atoms with Crippen molar-refractivity contribution in [3.05, 3.63) is 29.3 Å². The Labute approximate surface area is 88.8 Å². The highest BCUT2D eigenvalue weighted by molar-refractivity contribution is 5.92. The maximum atomic E-state index is 11.4. The number of fused-ring (bicyclic) bond motifs is 1. The van der Waals surface area contributed by atoms with E-state index in [0.717, 1.165) is 11.3 Å². The van der Waals surface area contributed by atoms with Crippen molar-refractivity contribution < 1.29 is 9.53 Å². The Bertz CT molecular complexity index is 447. The van der Waals surface area contributed by atoms with Crippen LogP contribution in [0.4, 0.5) is 5.69 Å². The minimum Gasteiger partial charge on any atom is -0.465 e. The smallest absolute Gasteiger partial charge is 0.337 e. The van der Waals surface area contributed by atoms with Gasteiger partial charge in [-0.2, -0.15) is 0 Å². The van der Waals surface area contributed by atoms with Crippen molar-refractivity contribution in [3.63, 3.8) is 0 Å². The molecule has 2 rings (SSSR count). The molecule has 0 spiro atoms. The molecule has 0 fully saturated rings. The first-order valence-corrected chi connectivity index (χ1v) is 4.75. The second-order valence-electron chi connectivity index (χ2n) is 4.07. The van der Waals surface area contributed by atoms with Gasteiger partial charge in [0.2, 0.25) is 0 Å². The molecule has 0 atom stereocenters. The number of nitrogens with zero attached hydrogens (tertiary/aromatic N) is 1. The van der Waals surface area contributed by atoms with Gasteiger partial charge in [-0.3, -0.25) is 4.99 Å². The van der Waals surface area contributed by atoms with E-state index in [9.17, 15) is 4.79 Å². The van der Waals surface area contributed by atoms with Gasteiger partial charge < -0.3 is 4.74 Å². The number of carbonyl (C=O) groups excluding carboxylic acids is 1. The highest BCUT2D eigenvalue weighted by Crippen LogP contribution is 2.36. The van der Waals surface area contributed by atoms with Crippen LogP contribution in [0.15, 0.2) is 23.2 Å². The van der Waals surface area contributed by atoms with Crippen LogP contribution in [-0.2, 0) is 10.2 Å². The van der Waals surface area contributed by atoms with Crippen molar-refractivity contribution in [1.29, 1.82) is 0 Å². The molecule has 0 aromatic heterocycles. The van der Waals surface area contributed by atoms with Gasteiger partial charge in [0.05, 0.1) is 24.6 Å². The molecule has 0 unspecified atom stereocenters. The molecule has 1 aliphatic heterocycles. The van der Waals surface area contributed by atoms with Crippen molar-refractivity contribution in [2.24, 2.45) is 4.99 Å². The number of ether oxygens (including phenoxy) is 1. The number of methoxy groups -OCH3 is 1. The van der Waals surface area contributed by atoms with E-state index in [-0.39, 0.29) is 11.4 Å². The summed E-state index contributed by atoms with van der Waals surface area (Å²) in [5, 5.41) is 0. The number of benzene rings is 1. The van der Waals surface area contributed by atoms with Gasteiger partial charge in [-0.05, 0) is 23.8 Å². The number of esters is 1. The van der Waals surface area contributed by atoms with Crippen LogP contribution in [0.5, 0.6) is 0 Å². The van der Waals surface area contributed by atoms with Gasteiger partial charge in [-0.25, -0.2) is 4.79 Å². The number of hydrogen-bond donors (Lipinski definition) is 0. The number of rotatable bonds is 1. The van der Waals surface area contributed by atoms with Gasteiger partial charge in [0.1, 0.15) is 0 Å². The topological polar surface area (TPSA) is 38.7 Å². The molecule has 3 heteroatoms. The molecule has 77 valence electrons. The zero-order valence-corrected chi connectivity index (χ0v) is 9.00. The molecular weight excluding hydrogens is 190 g/mol. The van der Waals surface area contributed by atoms with E-state index < -0.39 is 0 Å². The molecule has 15 heavy (non-hydrogen) atoms. The minimum absolute atomic E-state index is 0.223. The summed E-state index contributed by atoms with van der Waals surface area (Å²) in [6, 6.07) is 5.37. The molecule has 0 aliphatic carbocycles. The third-order valence-electron chi connectivity index (χ3n) is 2.55. The molecule has 1 aliphatic rings. The van der Waals surface area contributed by atoms with Crippen LogP contribution in [0, 0.1) is 0 Å². The maximum Gasteiger partial charge on any atom is 0.337 e. The monoisotopic (exact) mass is 202 g/mol. The fraction of sp³-hybridized carbons (Fsp3) is 0.333. The summed E-state index contributed by atoms with van der Waals surface area (Å²) in [6.07, 6.45) is 3.02. The lowest BCUT2D eigenvalue weighted by molar-refractivity contribution is 0.0600. The molecule has 0 saturated carbocycles. The number of aliphatic imine (C=N–C) groups is 1. The van der Waals surface area contributed by atoms with Crippen LogP contribution in [-0.4, -0.2) is 19.3 Å². The van der Waals surface area contributed by atoms with Crippen LogP contribution >= 0.6 is 0 Å². The Balaban J connectivity index is 2.49. The maximum absolute atomic E-state index is 11.4. The van der Waals surface area contributed by atoms with Crippen LogP contribution in [0.2, 0.25) is 0 Å². The second kappa shape index (κ2) is 3.19. The van der Waals surface area contributed by atoms with Crippen LogP contribution in [0.3, 0.4) is 0 Å². The summed E-state index contributed by atoms with van der Waals surface area (Å²) < 4.78 is 4.67.